The highest BCUT2D eigenvalue weighted by molar-refractivity contribution is 5.94. The van der Waals surface area contributed by atoms with Crippen molar-refractivity contribution in [1.29, 1.82) is 0 Å². The molecule has 6 heteroatoms. The Kier molecular flexibility index (Phi) is 6.59. The first-order valence-electron chi connectivity index (χ1n) is 7.97. The summed E-state index contributed by atoms with van der Waals surface area (Å²) in [6.07, 6.45) is 8.21. The van der Waals surface area contributed by atoms with E-state index >= 15 is 0 Å². The van der Waals surface area contributed by atoms with Gasteiger partial charge in [-0.3, -0.25) is 15.4 Å². The van der Waals surface area contributed by atoms with Crippen LogP contribution < -0.4 is 16.9 Å². The highest BCUT2D eigenvalue weighted by Gasteiger charge is 2.04. The molecule has 0 spiro atoms. The van der Waals surface area contributed by atoms with Gasteiger partial charge in [-0.15, -0.1) is 0 Å². The SMILES string of the molecule is CC(CCC(=[NH2+])N=CC=Cc1ncccc1N)=Nc1ccccc1N. The normalized spacial score (nSPS) is 12.1. The van der Waals surface area contributed by atoms with Crippen molar-refractivity contribution < 1.29 is 5.41 Å². The standard InChI is InChI=1S/C19H22N6/c1-14(25-18-8-3-2-6-16(18)21)10-11-19(22)24-13-5-9-17-15(20)7-4-12-23-17/h2-9,12-13,22H,10-11,20-21H2,1H3/p+1. The minimum absolute atomic E-state index is 0.536. The fourth-order valence-corrected chi connectivity index (χ4v) is 2.07. The summed E-state index contributed by atoms with van der Waals surface area (Å²) >= 11 is 0. The van der Waals surface area contributed by atoms with Crippen LogP contribution in [0.1, 0.15) is 25.5 Å². The number of nitrogen functional groups attached to an aromatic ring is 2. The molecule has 2 aromatic rings. The minimum Gasteiger partial charge on any atom is -0.397 e. The lowest BCUT2D eigenvalue weighted by Gasteiger charge is -2.01. The van der Waals surface area contributed by atoms with Gasteiger partial charge in [-0.05, 0) is 49.8 Å². The molecule has 0 aliphatic carbocycles. The molecule has 0 unspecified atom stereocenters. The second kappa shape index (κ2) is 9.12. The van der Waals surface area contributed by atoms with Crippen LogP contribution in [-0.4, -0.2) is 22.7 Å². The Morgan fingerprint density at radius 1 is 1.12 bits per heavy atom. The third-order valence-electron chi connectivity index (χ3n) is 3.44. The molecule has 0 radical (unpaired) electrons. The number of aromatic nitrogens is 1. The number of pyridine rings is 1. The largest absolute Gasteiger partial charge is 0.397 e. The molecule has 1 heterocycles. The van der Waals surface area contributed by atoms with Crippen LogP contribution in [0.5, 0.6) is 0 Å². The molecule has 1 aromatic carbocycles. The van der Waals surface area contributed by atoms with E-state index in [0.717, 1.165) is 11.4 Å². The zero-order chi connectivity index (χ0) is 18.1. The molecule has 0 aliphatic rings. The fourth-order valence-electron chi connectivity index (χ4n) is 2.07. The zero-order valence-corrected chi connectivity index (χ0v) is 14.3. The lowest BCUT2D eigenvalue weighted by atomic mass is 10.2. The Morgan fingerprint density at radius 2 is 1.88 bits per heavy atom. The molecule has 0 aliphatic heterocycles. The Labute approximate surface area is 147 Å². The van der Waals surface area contributed by atoms with Gasteiger partial charge in [-0.1, -0.05) is 17.1 Å². The average molecular weight is 335 g/mol. The van der Waals surface area contributed by atoms with E-state index in [9.17, 15) is 0 Å². The van der Waals surface area contributed by atoms with Crippen LogP contribution in [0.3, 0.4) is 0 Å². The summed E-state index contributed by atoms with van der Waals surface area (Å²) in [6, 6.07) is 11.1. The van der Waals surface area contributed by atoms with Crippen LogP contribution in [0.25, 0.3) is 6.08 Å². The molecule has 0 atom stereocenters. The number of nitrogens with zero attached hydrogens (tertiary/aromatic N) is 3. The van der Waals surface area contributed by atoms with E-state index in [-0.39, 0.29) is 0 Å². The van der Waals surface area contributed by atoms with Crippen molar-refractivity contribution in [2.75, 3.05) is 11.5 Å². The monoisotopic (exact) mass is 335 g/mol. The second-order valence-electron chi connectivity index (χ2n) is 5.51. The van der Waals surface area contributed by atoms with Gasteiger partial charge in [0.2, 0.25) is 0 Å². The lowest BCUT2D eigenvalue weighted by Crippen LogP contribution is -2.38. The van der Waals surface area contributed by atoms with Crippen LogP contribution in [-0.2, 0) is 0 Å². The third-order valence-corrected chi connectivity index (χ3v) is 3.44. The van der Waals surface area contributed by atoms with Crippen molar-refractivity contribution in [3.05, 3.63) is 54.4 Å². The average Bonchev–Trinajstić information content (AvgIpc) is 2.60. The molecule has 25 heavy (non-hydrogen) atoms. The van der Waals surface area contributed by atoms with E-state index in [1.165, 1.54) is 0 Å². The molecule has 0 saturated carbocycles. The molecule has 6 nitrogen and oxygen atoms in total. The highest BCUT2D eigenvalue weighted by Crippen LogP contribution is 2.21. The number of benzene rings is 1. The summed E-state index contributed by atoms with van der Waals surface area (Å²) in [6.45, 7) is 1.95. The fraction of sp³-hybridized carbons (Fsp3) is 0.158. The van der Waals surface area contributed by atoms with E-state index in [1.807, 2.05) is 31.2 Å². The van der Waals surface area contributed by atoms with Gasteiger partial charge in [0.1, 0.15) is 6.21 Å². The first-order chi connectivity index (χ1) is 12.1. The number of aliphatic imine (C=N–C) groups is 2. The van der Waals surface area contributed by atoms with E-state index in [0.29, 0.717) is 35.7 Å². The van der Waals surface area contributed by atoms with Gasteiger partial charge in [-0.2, -0.15) is 0 Å². The molecule has 2 rings (SSSR count). The number of allylic oxidation sites excluding steroid dienone is 1. The van der Waals surface area contributed by atoms with Gasteiger partial charge in [-0.25, -0.2) is 0 Å². The maximum atomic E-state index is 5.92. The zero-order valence-electron chi connectivity index (χ0n) is 14.3. The number of para-hydroxylation sites is 2. The van der Waals surface area contributed by atoms with E-state index in [1.54, 1.807) is 36.7 Å². The molecule has 0 fully saturated rings. The maximum Gasteiger partial charge on any atom is 0.289 e. The number of rotatable bonds is 6. The van der Waals surface area contributed by atoms with Crippen molar-refractivity contribution in [1.82, 2.24) is 4.98 Å². The molecule has 128 valence electrons. The van der Waals surface area contributed by atoms with Crippen LogP contribution >= 0.6 is 0 Å². The number of anilines is 2. The lowest BCUT2D eigenvalue weighted by molar-refractivity contribution is -0.117. The van der Waals surface area contributed by atoms with Gasteiger partial charge in [0, 0.05) is 11.9 Å². The van der Waals surface area contributed by atoms with Crippen LogP contribution in [0.15, 0.2) is 58.7 Å². The summed E-state index contributed by atoms with van der Waals surface area (Å²) in [7, 11) is 0. The molecule has 0 amide bonds. The van der Waals surface area contributed by atoms with Gasteiger partial charge < -0.3 is 11.5 Å². The first-order valence-corrected chi connectivity index (χ1v) is 7.97. The van der Waals surface area contributed by atoms with Gasteiger partial charge >= 0.3 is 0 Å². The summed E-state index contributed by atoms with van der Waals surface area (Å²) in [5.41, 5.74) is 15.4. The number of amidine groups is 1. The van der Waals surface area contributed by atoms with Gasteiger partial charge in [0.15, 0.2) is 0 Å². The predicted molar refractivity (Wildman–Crippen MR) is 106 cm³/mol. The molecular weight excluding hydrogens is 312 g/mol. The first kappa shape index (κ1) is 18.1. The highest BCUT2D eigenvalue weighted by atomic mass is 14.8. The quantitative estimate of drug-likeness (QED) is 0.426. The van der Waals surface area contributed by atoms with Crippen molar-refractivity contribution in [3.8, 4) is 0 Å². The Balaban J connectivity index is 1.84. The van der Waals surface area contributed by atoms with Crippen LogP contribution in [0.4, 0.5) is 17.1 Å². The molecule has 1 aromatic heterocycles. The molecule has 0 bridgehead atoms. The van der Waals surface area contributed by atoms with E-state index < -0.39 is 0 Å². The van der Waals surface area contributed by atoms with Crippen LogP contribution in [0, 0.1) is 0 Å². The summed E-state index contributed by atoms with van der Waals surface area (Å²) in [5.74, 6) is 0.536. The second-order valence-corrected chi connectivity index (χ2v) is 5.51. The third kappa shape index (κ3) is 6.02. The Hall–Kier alpha value is -3.28. The summed E-state index contributed by atoms with van der Waals surface area (Å²) < 4.78 is 0. The molecule has 0 saturated heterocycles. The minimum atomic E-state index is 0.536. The Bertz CT molecular complexity index is 820. The topological polar surface area (TPSA) is 115 Å². The van der Waals surface area contributed by atoms with E-state index in [2.05, 4.69) is 15.0 Å². The van der Waals surface area contributed by atoms with Crippen molar-refractivity contribution in [3.63, 3.8) is 0 Å². The summed E-state index contributed by atoms with van der Waals surface area (Å²) in [4.78, 5) is 12.9. The smallest absolute Gasteiger partial charge is 0.289 e. The van der Waals surface area contributed by atoms with Gasteiger partial charge in [0.25, 0.3) is 5.84 Å². The Morgan fingerprint density at radius 3 is 2.64 bits per heavy atom. The van der Waals surface area contributed by atoms with Crippen molar-refractivity contribution in [2.24, 2.45) is 9.98 Å². The summed E-state index contributed by atoms with van der Waals surface area (Å²) in [5, 5.41) is 5.92. The molecular formula is C19H23N6+. The van der Waals surface area contributed by atoms with E-state index in [4.69, 9.17) is 16.9 Å². The number of nitrogens with two attached hydrogens (primary N) is 3. The van der Waals surface area contributed by atoms with Crippen molar-refractivity contribution in [2.45, 2.75) is 19.8 Å². The van der Waals surface area contributed by atoms with Gasteiger partial charge in [0.05, 0.1) is 29.2 Å². The van der Waals surface area contributed by atoms with Crippen LogP contribution in [0.2, 0.25) is 0 Å². The predicted octanol–water partition coefficient (Wildman–Crippen LogP) is 2.06. The number of hydrogen-bond donors (Lipinski definition) is 3. The maximum absolute atomic E-state index is 5.92. The van der Waals surface area contributed by atoms with Crippen molar-refractivity contribution >= 4 is 40.9 Å². The molecule has 6 N–H and O–H groups in total. The number of hydrogen-bond acceptors (Lipinski definition) is 4.